The second-order valence-electron chi connectivity index (χ2n) is 4.82. The Hall–Kier alpha value is -2.02. The molecule has 0 unspecified atom stereocenters. The van der Waals surface area contributed by atoms with Crippen LogP contribution in [0.5, 0.6) is 0 Å². The Balaban J connectivity index is 2.46. The number of hydrogen-bond donors (Lipinski definition) is 2. The molecule has 0 aliphatic carbocycles. The molecular weight excluding hydrogens is 276 g/mol. The molecule has 0 bridgehead atoms. The standard InChI is InChI=1S/C13H18N4O2S/c1-8-5-6-12(11(14)7-8)20(18,19)16-13-9(2)15-17(4)10(13)3/h5-7,16H,14H2,1-4H3. The van der Waals surface area contributed by atoms with Crippen molar-refractivity contribution in [1.29, 1.82) is 0 Å². The van der Waals surface area contributed by atoms with Crippen molar-refractivity contribution in [2.45, 2.75) is 25.7 Å². The lowest BCUT2D eigenvalue weighted by Crippen LogP contribution is -2.16. The van der Waals surface area contributed by atoms with Gasteiger partial charge in [0.1, 0.15) is 4.90 Å². The van der Waals surface area contributed by atoms with E-state index in [1.807, 2.05) is 6.92 Å². The highest BCUT2D eigenvalue weighted by Crippen LogP contribution is 2.25. The van der Waals surface area contributed by atoms with Crippen molar-refractivity contribution < 1.29 is 8.42 Å². The summed E-state index contributed by atoms with van der Waals surface area (Å²) in [4.78, 5) is 0.0748. The number of nitrogens with zero attached hydrogens (tertiary/aromatic N) is 2. The van der Waals surface area contributed by atoms with Crippen LogP contribution in [0.15, 0.2) is 23.1 Å². The molecule has 108 valence electrons. The average molecular weight is 294 g/mol. The molecule has 2 aromatic rings. The first kappa shape index (κ1) is 14.4. The van der Waals surface area contributed by atoms with E-state index < -0.39 is 10.0 Å². The molecule has 1 heterocycles. The van der Waals surface area contributed by atoms with E-state index in [4.69, 9.17) is 5.73 Å². The number of sulfonamides is 1. The fourth-order valence-corrected chi connectivity index (χ4v) is 3.31. The molecule has 0 radical (unpaired) electrons. The largest absolute Gasteiger partial charge is 0.398 e. The van der Waals surface area contributed by atoms with Gasteiger partial charge in [0, 0.05) is 7.05 Å². The summed E-state index contributed by atoms with van der Waals surface area (Å²) in [5.41, 5.74) is 8.81. The molecule has 0 aliphatic heterocycles. The molecule has 1 aromatic carbocycles. The summed E-state index contributed by atoms with van der Waals surface area (Å²) in [5.74, 6) is 0. The zero-order valence-corrected chi connectivity index (χ0v) is 12.7. The fraction of sp³-hybridized carbons (Fsp3) is 0.308. The molecule has 3 N–H and O–H groups in total. The van der Waals surface area contributed by atoms with Crippen molar-refractivity contribution in [3.63, 3.8) is 0 Å². The monoisotopic (exact) mass is 294 g/mol. The van der Waals surface area contributed by atoms with Crippen LogP contribution >= 0.6 is 0 Å². The van der Waals surface area contributed by atoms with Gasteiger partial charge in [0.15, 0.2) is 0 Å². The van der Waals surface area contributed by atoms with Crippen LogP contribution in [-0.2, 0) is 17.1 Å². The van der Waals surface area contributed by atoms with Gasteiger partial charge in [-0.15, -0.1) is 0 Å². The van der Waals surface area contributed by atoms with E-state index in [0.717, 1.165) is 11.3 Å². The first-order chi connectivity index (χ1) is 9.22. The number of nitrogens with one attached hydrogen (secondary N) is 1. The van der Waals surface area contributed by atoms with Gasteiger partial charge in [0.25, 0.3) is 10.0 Å². The predicted octanol–water partition coefficient (Wildman–Crippen LogP) is 1.73. The van der Waals surface area contributed by atoms with E-state index in [2.05, 4.69) is 9.82 Å². The zero-order chi connectivity index (χ0) is 15.1. The first-order valence-corrected chi connectivity index (χ1v) is 7.60. The number of rotatable bonds is 3. The minimum atomic E-state index is -3.72. The van der Waals surface area contributed by atoms with Crippen LogP contribution < -0.4 is 10.5 Å². The lowest BCUT2D eigenvalue weighted by atomic mass is 10.2. The third-order valence-corrected chi connectivity index (χ3v) is 4.62. The zero-order valence-electron chi connectivity index (χ0n) is 11.9. The summed E-state index contributed by atoms with van der Waals surface area (Å²) in [6, 6.07) is 4.86. The summed E-state index contributed by atoms with van der Waals surface area (Å²) >= 11 is 0. The van der Waals surface area contributed by atoms with E-state index in [0.29, 0.717) is 11.4 Å². The first-order valence-electron chi connectivity index (χ1n) is 6.11. The highest BCUT2D eigenvalue weighted by atomic mass is 32.2. The van der Waals surface area contributed by atoms with Crippen LogP contribution in [0.4, 0.5) is 11.4 Å². The summed E-state index contributed by atoms with van der Waals surface area (Å²) in [5, 5.41) is 4.18. The van der Waals surface area contributed by atoms with Crippen molar-refractivity contribution >= 4 is 21.4 Å². The third-order valence-electron chi connectivity index (χ3n) is 3.20. The van der Waals surface area contributed by atoms with Crippen LogP contribution in [0, 0.1) is 20.8 Å². The molecule has 0 spiro atoms. The molecule has 20 heavy (non-hydrogen) atoms. The molecule has 6 nitrogen and oxygen atoms in total. The van der Waals surface area contributed by atoms with E-state index in [9.17, 15) is 8.42 Å². The highest BCUT2D eigenvalue weighted by molar-refractivity contribution is 7.92. The SMILES string of the molecule is Cc1ccc(S(=O)(=O)Nc2c(C)nn(C)c2C)c(N)c1. The molecule has 0 saturated carbocycles. The Morgan fingerprint density at radius 1 is 1.25 bits per heavy atom. The topological polar surface area (TPSA) is 90.0 Å². The van der Waals surface area contributed by atoms with Gasteiger partial charge in [-0.05, 0) is 38.5 Å². The Kier molecular flexibility index (Phi) is 3.47. The van der Waals surface area contributed by atoms with Gasteiger partial charge in [0.2, 0.25) is 0 Å². The quantitative estimate of drug-likeness (QED) is 0.844. The van der Waals surface area contributed by atoms with Gasteiger partial charge >= 0.3 is 0 Å². The van der Waals surface area contributed by atoms with Crippen molar-refractivity contribution in [1.82, 2.24) is 9.78 Å². The maximum absolute atomic E-state index is 12.4. The van der Waals surface area contributed by atoms with Gasteiger partial charge in [-0.25, -0.2) is 8.42 Å². The van der Waals surface area contributed by atoms with Gasteiger partial charge in [0.05, 0.1) is 22.8 Å². The van der Waals surface area contributed by atoms with Gasteiger partial charge in [-0.2, -0.15) is 5.10 Å². The third kappa shape index (κ3) is 2.49. The van der Waals surface area contributed by atoms with Gasteiger partial charge in [-0.1, -0.05) is 6.07 Å². The summed E-state index contributed by atoms with van der Waals surface area (Å²) in [7, 11) is -1.96. The normalized spacial score (nSPS) is 11.6. The van der Waals surface area contributed by atoms with E-state index in [-0.39, 0.29) is 10.6 Å². The summed E-state index contributed by atoms with van der Waals surface area (Å²) in [6.45, 7) is 5.41. The van der Waals surface area contributed by atoms with E-state index in [1.165, 1.54) is 6.07 Å². The number of hydrogen-bond acceptors (Lipinski definition) is 4. The van der Waals surface area contributed by atoms with Crippen LogP contribution in [0.1, 0.15) is 17.0 Å². The van der Waals surface area contributed by atoms with E-state index >= 15 is 0 Å². The van der Waals surface area contributed by atoms with Crippen molar-refractivity contribution in [2.75, 3.05) is 10.5 Å². The van der Waals surface area contributed by atoms with Gasteiger partial charge in [-0.3, -0.25) is 9.40 Å². The lowest BCUT2D eigenvalue weighted by Gasteiger charge is -2.11. The maximum Gasteiger partial charge on any atom is 0.264 e. The highest BCUT2D eigenvalue weighted by Gasteiger charge is 2.21. The maximum atomic E-state index is 12.4. The van der Waals surface area contributed by atoms with Crippen LogP contribution in [0.3, 0.4) is 0 Å². The Bertz CT molecular complexity index is 763. The number of aryl methyl sites for hydroxylation is 3. The smallest absolute Gasteiger partial charge is 0.264 e. The number of nitrogen functional groups attached to an aromatic ring is 1. The molecular formula is C13H18N4O2S. The van der Waals surface area contributed by atoms with Gasteiger partial charge < -0.3 is 5.73 Å². The molecule has 0 amide bonds. The molecule has 0 saturated heterocycles. The number of aromatic nitrogens is 2. The Morgan fingerprint density at radius 2 is 1.90 bits per heavy atom. The predicted molar refractivity (Wildman–Crippen MR) is 79.1 cm³/mol. The van der Waals surface area contributed by atoms with Crippen LogP contribution in [-0.4, -0.2) is 18.2 Å². The lowest BCUT2D eigenvalue weighted by molar-refractivity contribution is 0.601. The fourth-order valence-electron chi connectivity index (χ4n) is 2.02. The number of benzene rings is 1. The number of anilines is 2. The van der Waals surface area contributed by atoms with E-state index in [1.54, 1.807) is 37.7 Å². The van der Waals surface area contributed by atoms with Crippen LogP contribution in [0.25, 0.3) is 0 Å². The Labute approximate surface area is 118 Å². The average Bonchev–Trinajstić information content (AvgIpc) is 2.55. The summed E-state index contributed by atoms with van der Waals surface area (Å²) < 4.78 is 29.0. The summed E-state index contributed by atoms with van der Waals surface area (Å²) in [6.07, 6.45) is 0. The number of nitrogens with two attached hydrogens (primary N) is 1. The molecule has 1 aromatic heterocycles. The second kappa shape index (κ2) is 4.82. The molecule has 0 atom stereocenters. The van der Waals surface area contributed by atoms with Crippen molar-refractivity contribution in [3.05, 3.63) is 35.2 Å². The van der Waals surface area contributed by atoms with Crippen molar-refractivity contribution in [2.24, 2.45) is 7.05 Å². The van der Waals surface area contributed by atoms with Crippen LogP contribution in [0.2, 0.25) is 0 Å². The molecule has 0 aliphatic rings. The molecule has 0 fully saturated rings. The minimum Gasteiger partial charge on any atom is -0.398 e. The minimum absolute atomic E-state index is 0.0748. The Morgan fingerprint density at radius 3 is 2.40 bits per heavy atom. The molecule has 2 rings (SSSR count). The van der Waals surface area contributed by atoms with Crippen molar-refractivity contribution in [3.8, 4) is 0 Å². The molecule has 7 heteroatoms. The second-order valence-corrected chi connectivity index (χ2v) is 6.47.